The van der Waals surface area contributed by atoms with Crippen LogP contribution in [-0.2, 0) is 16.0 Å². The molecule has 1 aliphatic carbocycles. The fourth-order valence-electron chi connectivity index (χ4n) is 4.58. The Labute approximate surface area is 190 Å². The summed E-state index contributed by atoms with van der Waals surface area (Å²) in [7, 11) is 0. The molecule has 1 aliphatic rings. The maximum Gasteiger partial charge on any atom is 0.329 e. The molecule has 6 heteroatoms. The molecule has 1 unspecified atom stereocenters. The van der Waals surface area contributed by atoms with Crippen molar-refractivity contribution in [3.63, 3.8) is 0 Å². The Kier molecular flexibility index (Phi) is 7.89. The van der Waals surface area contributed by atoms with Gasteiger partial charge in [-0.15, -0.1) is 0 Å². The number of nitrogens with zero attached hydrogens (tertiary/aromatic N) is 1. The molecular weight excluding hydrogens is 404 g/mol. The normalized spacial score (nSPS) is 21.7. The SMILES string of the molecule is Cc1ccc(C[C@@H](Nc2ccccc2[N+](=O)[O-])C(=O)O[C@@H]2C[C@H](C)CCC2C(C)C)cc1. The third kappa shape index (κ3) is 6.09. The lowest BCUT2D eigenvalue weighted by molar-refractivity contribution is -0.384. The molecule has 172 valence electrons. The fourth-order valence-corrected chi connectivity index (χ4v) is 4.58. The van der Waals surface area contributed by atoms with Gasteiger partial charge >= 0.3 is 5.97 Å². The van der Waals surface area contributed by atoms with E-state index in [1.54, 1.807) is 18.2 Å². The lowest BCUT2D eigenvalue weighted by Crippen LogP contribution is -2.41. The molecule has 1 saturated carbocycles. The fraction of sp³-hybridized carbons (Fsp3) is 0.500. The van der Waals surface area contributed by atoms with Gasteiger partial charge in [-0.1, -0.05) is 69.2 Å². The van der Waals surface area contributed by atoms with Crippen LogP contribution in [0.2, 0.25) is 0 Å². The van der Waals surface area contributed by atoms with Gasteiger partial charge in [0.1, 0.15) is 17.8 Å². The summed E-state index contributed by atoms with van der Waals surface area (Å²) in [4.78, 5) is 24.4. The van der Waals surface area contributed by atoms with Gasteiger partial charge < -0.3 is 10.1 Å². The van der Waals surface area contributed by atoms with E-state index in [0.717, 1.165) is 30.4 Å². The van der Waals surface area contributed by atoms with Crippen molar-refractivity contribution < 1.29 is 14.5 Å². The van der Waals surface area contributed by atoms with Crippen LogP contribution in [0, 0.1) is 34.8 Å². The number of ether oxygens (including phenoxy) is 1. The lowest BCUT2D eigenvalue weighted by atomic mass is 9.75. The highest BCUT2D eigenvalue weighted by Gasteiger charge is 2.35. The standard InChI is InChI=1S/C26H34N2O4/c1-17(2)21-14-11-19(4)15-25(21)32-26(29)23(16-20-12-9-18(3)10-13-20)27-22-7-5-6-8-24(22)28(30)31/h5-10,12-13,17,19,21,23,25,27H,11,14-16H2,1-4H3/t19-,21?,23-,25-/m1/s1. The Morgan fingerprint density at radius 1 is 1.16 bits per heavy atom. The number of nitro groups is 1. The first-order chi connectivity index (χ1) is 15.2. The Morgan fingerprint density at radius 2 is 1.84 bits per heavy atom. The molecule has 2 aromatic rings. The minimum atomic E-state index is -0.719. The molecule has 0 aromatic heterocycles. The number of carbonyl (C=O) groups excluding carboxylic acids is 1. The zero-order valence-electron chi connectivity index (χ0n) is 19.4. The van der Waals surface area contributed by atoms with E-state index < -0.39 is 11.0 Å². The zero-order valence-corrected chi connectivity index (χ0v) is 19.4. The average molecular weight is 439 g/mol. The molecule has 0 heterocycles. The van der Waals surface area contributed by atoms with E-state index in [-0.39, 0.29) is 17.8 Å². The van der Waals surface area contributed by atoms with Crippen molar-refractivity contribution in [2.45, 2.75) is 65.5 Å². The number of rotatable bonds is 8. The number of esters is 1. The van der Waals surface area contributed by atoms with Crippen LogP contribution in [0.3, 0.4) is 0 Å². The Hall–Kier alpha value is -2.89. The van der Waals surface area contributed by atoms with E-state index in [4.69, 9.17) is 4.74 Å². The summed E-state index contributed by atoms with van der Waals surface area (Å²) < 4.78 is 6.10. The Bertz CT molecular complexity index is 926. The van der Waals surface area contributed by atoms with E-state index in [1.807, 2.05) is 31.2 Å². The topological polar surface area (TPSA) is 81.5 Å². The van der Waals surface area contributed by atoms with E-state index in [2.05, 4.69) is 26.1 Å². The van der Waals surface area contributed by atoms with Crippen molar-refractivity contribution in [2.75, 3.05) is 5.32 Å². The second-order valence-corrected chi connectivity index (χ2v) is 9.46. The average Bonchev–Trinajstić information content (AvgIpc) is 2.74. The van der Waals surface area contributed by atoms with Gasteiger partial charge in [-0.2, -0.15) is 0 Å². The monoisotopic (exact) mass is 438 g/mol. The van der Waals surface area contributed by atoms with Crippen LogP contribution in [0.15, 0.2) is 48.5 Å². The molecule has 1 N–H and O–H groups in total. The predicted octanol–water partition coefficient (Wildman–Crippen LogP) is 5.93. The van der Waals surface area contributed by atoms with E-state index in [0.29, 0.717) is 29.9 Å². The summed E-state index contributed by atoms with van der Waals surface area (Å²) in [5.41, 5.74) is 2.38. The first-order valence-electron chi connectivity index (χ1n) is 11.5. The van der Waals surface area contributed by atoms with Crippen LogP contribution in [0.25, 0.3) is 0 Å². The van der Waals surface area contributed by atoms with Crippen LogP contribution in [0.4, 0.5) is 11.4 Å². The molecule has 0 bridgehead atoms. The first-order valence-corrected chi connectivity index (χ1v) is 11.5. The Morgan fingerprint density at radius 3 is 2.50 bits per heavy atom. The summed E-state index contributed by atoms with van der Waals surface area (Å²) >= 11 is 0. The molecule has 1 fully saturated rings. The highest BCUT2D eigenvalue weighted by molar-refractivity contribution is 5.81. The van der Waals surface area contributed by atoms with E-state index in [1.165, 1.54) is 6.07 Å². The van der Waals surface area contributed by atoms with Crippen molar-refractivity contribution in [2.24, 2.45) is 17.8 Å². The molecular formula is C26H34N2O4. The van der Waals surface area contributed by atoms with Gasteiger partial charge in [0, 0.05) is 12.5 Å². The molecule has 32 heavy (non-hydrogen) atoms. The number of hydrogen-bond donors (Lipinski definition) is 1. The van der Waals surface area contributed by atoms with Crippen molar-refractivity contribution in [1.29, 1.82) is 0 Å². The van der Waals surface area contributed by atoms with Gasteiger partial charge in [-0.05, 0) is 49.1 Å². The minimum absolute atomic E-state index is 0.0550. The molecule has 0 amide bonds. The number of para-hydroxylation sites is 2. The summed E-state index contributed by atoms with van der Waals surface area (Å²) in [6.07, 6.45) is 3.33. The minimum Gasteiger partial charge on any atom is -0.461 e. The number of anilines is 1. The maximum absolute atomic E-state index is 13.4. The zero-order chi connectivity index (χ0) is 23.3. The molecule has 6 nitrogen and oxygen atoms in total. The number of nitrogens with one attached hydrogen (secondary N) is 1. The van der Waals surface area contributed by atoms with Gasteiger partial charge in [0.05, 0.1) is 4.92 Å². The number of carbonyl (C=O) groups is 1. The van der Waals surface area contributed by atoms with Crippen LogP contribution < -0.4 is 5.32 Å². The van der Waals surface area contributed by atoms with Crippen LogP contribution in [0.1, 0.15) is 51.2 Å². The lowest BCUT2D eigenvalue weighted by Gasteiger charge is -2.37. The predicted molar refractivity (Wildman–Crippen MR) is 127 cm³/mol. The van der Waals surface area contributed by atoms with E-state index >= 15 is 0 Å². The second-order valence-electron chi connectivity index (χ2n) is 9.46. The van der Waals surface area contributed by atoms with Crippen molar-refractivity contribution in [3.05, 3.63) is 69.8 Å². The van der Waals surface area contributed by atoms with Crippen molar-refractivity contribution in [1.82, 2.24) is 0 Å². The molecule has 2 aromatic carbocycles. The second kappa shape index (κ2) is 10.6. The van der Waals surface area contributed by atoms with Gasteiger partial charge in [0.25, 0.3) is 5.69 Å². The molecule has 4 atom stereocenters. The van der Waals surface area contributed by atoms with Crippen LogP contribution >= 0.6 is 0 Å². The van der Waals surface area contributed by atoms with Gasteiger partial charge in [0.2, 0.25) is 0 Å². The third-order valence-electron chi connectivity index (χ3n) is 6.50. The molecule has 0 aliphatic heterocycles. The quantitative estimate of drug-likeness (QED) is 0.314. The highest BCUT2D eigenvalue weighted by atomic mass is 16.6. The largest absolute Gasteiger partial charge is 0.461 e. The van der Waals surface area contributed by atoms with Crippen molar-refractivity contribution >= 4 is 17.3 Å². The first kappa shape index (κ1) is 23.8. The number of aryl methyl sites for hydroxylation is 1. The van der Waals surface area contributed by atoms with Crippen LogP contribution in [0.5, 0.6) is 0 Å². The molecule has 3 rings (SSSR count). The van der Waals surface area contributed by atoms with E-state index in [9.17, 15) is 14.9 Å². The van der Waals surface area contributed by atoms with Gasteiger partial charge in [-0.3, -0.25) is 10.1 Å². The number of nitro benzene ring substituents is 1. The van der Waals surface area contributed by atoms with Crippen LogP contribution in [-0.4, -0.2) is 23.0 Å². The summed E-state index contributed by atoms with van der Waals surface area (Å²) in [6, 6.07) is 13.7. The number of hydrogen-bond acceptors (Lipinski definition) is 5. The van der Waals surface area contributed by atoms with Crippen molar-refractivity contribution in [3.8, 4) is 0 Å². The maximum atomic E-state index is 13.4. The molecule has 0 spiro atoms. The van der Waals surface area contributed by atoms with Gasteiger partial charge in [-0.25, -0.2) is 4.79 Å². The van der Waals surface area contributed by atoms with Gasteiger partial charge in [0.15, 0.2) is 0 Å². The Balaban J connectivity index is 1.84. The number of benzene rings is 2. The third-order valence-corrected chi connectivity index (χ3v) is 6.50. The highest BCUT2D eigenvalue weighted by Crippen LogP contribution is 2.36. The molecule has 0 radical (unpaired) electrons. The summed E-state index contributed by atoms with van der Waals surface area (Å²) in [6.45, 7) is 8.57. The smallest absolute Gasteiger partial charge is 0.329 e. The summed E-state index contributed by atoms with van der Waals surface area (Å²) in [5, 5.41) is 14.6. The molecule has 0 saturated heterocycles. The summed E-state index contributed by atoms with van der Waals surface area (Å²) in [5.74, 6) is 0.926.